The molecule has 4 nitrogen and oxygen atoms in total. The monoisotopic (exact) mass is 312 g/mol. The summed E-state index contributed by atoms with van der Waals surface area (Å²) in [6.07, 6.45) is 2.42. The van der Waals surface area contributed by atoms with Gasteiger partial charge >= 0.3 is 0 Å². The van der Waals surface area contributed by atoms with Crippen LogP contribution in [0, 0.1) is 19.8 Å². The average molecular weight is 312 g/mol. The lowest BCUT2D eigenvalue weighted by atomic mass is 10.0. The molecule has 0 unspecified atom stereocenters. The van der Waals surface area contributed by atoms with E-state index in [0.29, 0.717) is 24.2 Å². The largest absolute Gasteiger partial charge is 0.488 e. The van der Waals surface area contributed by atoms with Crippen LogP contribution in [-0.4, -0.2) is 24.7 Å². The highest BCUT2D eigenvalue weighted by Gasteiger charge is 2.16. The van der Waals surface area contributed by atoms with E-state index < -0.39 is 0 Å². The van der Waals surface area contributed by atoms with Crippen LogP contribution in [0.15, 0.2) is 36.4 Å². The first-order chi connectivity index (χ1) is 11.2. The van der Waals surface area contributed by atoms with E-state index in [2.05, 4.69) is 10.3 Å². The summed E-state index contributed by atoms with van der Waals surface area (Å²) in [5.74, 6) is 2.62. The van der Waals surface area contributed by atoms with Crippen molar-refractivity contribution in [3.05, 3.63) is 47.7 Å². The van der Waals surface area contributed by atoms with Crippen LogP contribution in [0.1, 0.15) is 24.1 Å². The van der Waals surface area contributed by atoms with Gasteiger partial charge in [-0.25, -0.2) is 4.98 Å². The molecule has 0 aliphatic carbocycles. The van der Waals surface area contributed by atoms with Crippen molar-refractivity contribution in [2.45, 2.75) is 26.7 Å². The summed E-state index contributed by atoms with van der Waals surface area (Å²) in [5, 5.41) is 3.42. The molecule has 1 aromatic heterocycles. The Morgan fingerprint density at radius 3 is 2.78 bits per heavy atom. The predicted octanol–water partition coefficient (Wildman–Crippen LogP) is 3.87. The second-order valence-electron chi connectivity index (χ2n) is 6.15. The van der Waals surface area contributed by atoms with Crippen molar-refractivity contribution in [1.82, 2.24) is 10.3 Å². The maximum absolute atomic E-state index is 6.02. The highest BCUT2D eigenvalue weighted by Crippen LogP contribution is 2.31. The number of pyridine rings is 1. The molecule has 0 radical (unpaired) electrons. The topological polar surface area (TPSA) is 43.4 Å². The molecule has 1 atom stereocenters. The van der Waals surface area contributed by atoms with Gasteiger partial charge in [0.1, 0.15) is 5.75 Å². The van der Waals surface area contributed by atoms with Crippen LogP contribution in [0.2, 0.25) is 0 Å². The molecule has 1 aliphatic rings. The van der Waals surface area contributed by atoms with Crippen LogP contribution in [0.4, 0.5) is 0 Å². The molecule has 0 bridgehead atoms. The number of nitrogens with one attached hydrogen (secondary N) is 1. The third kappa shape index (κ3) is 4.23. The molecule has 1 aromatic carbocycles. The van der Waals surface area contributed by atoms with E-state index in [1.807, 2.05) is 50.2 Å². The third-order valence-electron chi connectivity index (χ3n) is 4.14. The van der Waals surface area contributed by atoms with Crippen LogP contribution in [0.25, 0.3) is 0 Å². The highest BCUT2D eigenvalue weighted by molar-refractivity contribution is 5.41. The van der Waals surface area contributed by atoms with Crippen molar-refractivity contribution in [3.8, 4) is 17.4 Å². The number of para-hydroxylation sites is 1. The first kappa shape index (κ1) is 15.8. The lowest BCUT2D eigenvalue weighted by Gasteiger charge is -2.23. The van der Waals surface area contributed by atoms with Gasteiger partial charge in [0.2, 0.25) is 0 Å². The average Bonchev–Trinajstić information content (AvgIpc) is 2.57. The van der Waals surface area contributed by atoms with Crippen LogP contribution in [-0.2, 0) is 0 Å². The number of ether oxygens (including phenoxy) is 2. The minimum Gasteiger partial charge on any atom is -0.488 e. The minimum absolute atomic E-state index is 0.545. The Kier molecular flexibility index (Phi) is 5.13. The van der Waals surface area contributed by atoms with E-state index in [1.54, 1.807) is 0 Å². The number of nitrogens with zero attached hydrogens (tertiary/aromatic N) is 1. The molecule has 1 N–H and O–H groups in total. The van der Waals surface area contributed by atoms with Crippen molar-refractivity contribution in [1.29, 1.82) is 0 Å². The molecule has 0 spiro atoms. The zero-order chi connectivity index (χ0) is 16.1. The molecule has 0 amide bonds. The van der Waals surface area contributed by atoms with Crippen molar-refractivity contribution < 1.29 is 9.47 Å². The van der Waals surface area contributed by atoms with Gasteiger partial charge < -0.3 is 14.8 Å². The van der Waals surface area contributed by atoms with Gasteiger partial charge in [0, 0.05) is 18.2 Å². The van der Waals surface area contributed by atoms with Crippen LogP contribution >= 0.6 is 0 Å². The lowest BCUT2D eigenvalue weighted by Crippen LogP contribution is -2.33. The molecule has 2 heterocycles. The number of piperidine rings is 1. The fourth-order valence-electron chi connectivity index (χ4n) is 2.75. The maximum atomic E-state index is 6.02. The number of hydrogen-bond acceptors (Lipinski definition) is 4. The molecule has 1 fully saturated rings. The van der Waals surface area contributed by atoms with Crippen LogP contribution in [0.3, 0.4) is 0 Å². The van der Waals surface area contributed by atoms with Gasteiger partial charge in [-0.05, 0) is 57.0 Å². The second-order valence-corrected chi connectivity index (χ2v) is 6.15. The minimum atomic E-state index is 0.545. The Morgan fingerprint density at radius 2 is 2.00 bits per heavy atom. The van der Waals surface area contributed by atoms with E-state index in [9.17, 15) is 0 Å². The molecule has 0 saturated carbocycles. The standard InChI is InChI=1S/C19H24N2O2/c1-14-6-3-4-8-17(14)23-19-18(10-9-15(2)21-19)22-13-16-7-5-11-20-12-16/h3-4,6,8-10,16,20H,5,7,11-13H2,1-2H3/t16-/m0/s1. The molecule has 4 heteroatoms. The smallest absolute Gasteiger partial charge is 0.262 e. The van der Waals surface area contributed by atoms with Gasteiger partial charge in [-0.15, -0.1) is 0 Å². The number of aryl methyl sites for hydroxylation is 2. The quantitative estimate of drug-likeness (QED) is 0.910. The molecular formula is C19H24N2O2. The highest BCUT2D eigenvalue weighted by atomic mass is 16.5. The third-order valence-corrected chi connectivity index (χ3v) is 4.14. The van der Waals surface area contributed by atoms with E-state index in [4.69, 9.17) is 9.47 Å². The molecule has 3 rings (SSSR count). The molecule has 122 valence electrons. The van der Waals surface area contributed by atoms with Gasteiger partial charge in [0.25, 0.3) is 5.88 Å². The Balaban J connectivity index is 1.73. The predicted molar refractivity (Wildman–Crippen MR) is 91.3 cm³/mol. The number of aromatic nitrogens is 1. The molecular weight excluding hydrogens is 288 g/mol. The lowest BCUT2D eigenvalue weighted by molar-refractivity contribution is 0.211. The zero-order valence-corrected chi connectivity index (χ0v) is 13.8. The van der Waals surface area contributed by atoms with E-state index in [1.165, 1.54) is 12.8 Å². The number of rotatable bonds is 5. The maximum Gasteiger partial charge on any atom is 0.262 e. The Hall–Kier alpha value is -2.07. The summed E-state index contributed by atoms with van der Waals surface area (Å²) < 4.78 is 12.0. The fourth-order valence-corrected chi connectivity index (χ4v) is 2.75. The molecule has 2 aromatic rings. The Morgan fingerprint density at radius 1 is 1.13 bits per heavy atom. The van der Waals surface area contributed by atoms with Crippen molar-refractivity contribution >= 4 is 0 Å². The van der Waals surface area contributed by atoms with E-state index >= 15 is 0 Å². The van der Waals surface area contributed by atoms with E-state index in [0.717, 1.165) is 30.1 Å². The first-order valence-electron chi connectivity index (χ1n) is 8.27. The summed E-state index contributed by atoms with van der Waals surface area (Å²) in [4.78, 5) is 4.51. The summed E-state index contributed by atoms with van der Waals surface area (Å²) in [6, 6.07) is 11.9. The summed E-state index contributed by atoms with van der Waals surface area (Å²) in [5.41, 5.74) is 2.00. The zero-order valence-electron chi connectivity index (χ0n) is 13.8. The van der Waals surface area contributed by atoms with E-state index in [-0.39, 0.29) is 0 Å². The number of benzene rings is 1. The Labute approximate surface area is 137 Å². The SMILES string of the molecule is Cc1ccc(OC[C@H]2CCCNC2)c(Oc2ccccc2C)n1. The normalized spacial score (nSPS) is 17.7. The van der Waals surface area contributed by atoms with Crippen LogP contribution < -0.4 is 14.8 Å². The first-order valence-corrected chi connectivity index (χ1v) is 8.27. The van der Waals surface area contributed by atoms with Gasteiger partial charge in [0.15, 0.2) is 5.75 Å². The summed E-state index contributed by atoms with van der Waals surface area (Å²) >= 11 is 0. The van der Waals surface area contributed by atoms with Crippen molar-refractivity contribution in [2.24, 2.45) is 5.92 Å². The summed E-state index contributed by atoms with van der Waals surface area (Å²) in [7, 11) is 0. The molecule has 1 saturated heterocycles. The molecule has 23 heavy (non-hydrogen) atoms. The van der Waals surface area contributed by atoms with Gasteiger partial charge in [0.05, 0.1) is 6.61 Å². The molecule has 1 aliphatic heterocycles. The second kappa shape index (κ2) is 7.47. The van der Waals surface area contributed by atoms with Gasteiger partial charge in [-0.1, -0.05) is 18.2 Å². The van der Waals surface area contributed by atoms with Gasteiger partial charge in [-0.2, -0.15) is 0 Å². The van der Waals surface area contributed by atoms with Crippen LogP contribution in [0.5, 0.6) is 17.4 Å². The number of hydrogen-bond donors (Lipinski definition) is 1. The Bertz CT molecular complexity index is 652. The fraction of sp³-hybridized carbons (Fsp3) is 0.421. The van der Waals surface area contributed by atoms with Gasteiger partial charge in [-0.3, -0.25) is 0 Å². The van der Waals surface area contributed by atoms with Crippen molar-refractivity contribution in [2.75, 3.05) is 19.7 Å². The summed E-state index contributed by atoms with van der Waals surface area (Å²) in [6.45, 7) is 6.82. The van der Waals surface area contributed by atoms with Crippen molar-refractivity contribution in [3.63, 3.8) is 0 Å².